The molecule has 0 spiro atoms. The third-order valence-corrected chi connectivity index (χ3v) is 2.99. The van der Waals surface area contributed by atoms with Gasteiger partial charge >= 0.3 is 5.97 Å². The quantitative estimate of drug-likeness (QED) is 0.790. The summed E-state index contributed by atoms with van der Waals surface area (Å²) in [6.07, 6.45) is 1.45. The number of aromatic carboxylic acids is 1. The molecule has 20 heavy (non-hydrogen) atoms. The first-order valence-electron chi connectivity index (χ1n) is 5.94. The van der Waals surface area contributed by atoms with Crippen molar-refractivity contribution in [1.29, 1.82) is 0 Å². The molecule has 0 fully saturated rings. The lowest BCUT2D eigenvalue weighted by Gasteiger charge is -1.98. The molecule has 2 aromatic heterocycles. The van der Waals surface area contributed by atoms with E-state index in [2.05, 4.69) is 4.98 Å². The SMILES string of the molecule is COc1ccc2cc(-c3cc(C(=O)O)ccn3)oc2c1. The van der Waals surface area contributed by atoms with Gasteiger partial charge in [0.1, 0.15) is 17.0 Å². The first kappa shape index (κ1) is 12.2. The van der Waals surface area contributed by atoms with Crippen molar-refractivity contribution in [1.82, 2.24) is 4.98 Å². The van der Waals surface area contributed by atoms with Gasteiger partial charge in [0.05, 0.1) is 12.7 Å². The maximum absolute atomic E-state index is 11.0. The molecule has 0 unspecified atom stereocenters. The minimum Gasteiger partial charge on any atom is -0.497 e. The molecule has 3 aromatic rings. The van der Waals surface area contributed by atoms with E-state index in [0.717, 1.165) is 5.39 Å². The minimum absolute atomic E-state index is 0.174. The Morgan fingerprint density at radius 2 is 2.10 bits per heavy atom. The number of furan rings is 1. The standard InChI is InChI=1S/C15H11NO4/c1-19-11-3-2-9-7-14(20-13(9)8-11)12-6-10(15(17)18)4-5-16-12/h2-8H,1H3,(H,17,18). The van der Waals surface area contributed by atoms with Crippen LogP contribution in [0.25, 0.3) is 22.4 Å². The molecule has 1 N–H and O–H groups in total. The summed E-state index contributed by atoms with van der Waals surface area (Å²) in [7, 11) is 1.59. The van der Waals surface area contributed by atoms with Gasteiger partial charge in [-0.3, -0.25) is 4.98 Å². The number of hydrogen-bond acceptors (Lipinski definition) is 4. The van der Waals surface area contributed by atoms with Gasteiger partial charge in [0.2, 0.25) is 0 Å². The third kappa shape index (κ3) is 2.09. The molecule has 3 rings (SSSR count). The van der Waals surface area contributed by atoms with E-state index in [1.54, 1.807) is 13.2 Å². The number of benzene rings is 1. The number of pyridine rings is 1. The fourth-order valence-electron chi connectivity index (χ4n) is 1.96. The van der Waals surface area contributed by atoms with Crippen LogP contribution in [0.5, 0.6) is 5.75 Å². The number of aromatic nitrogens is 1. The zero-order valence-electron chi connectivity index (χ0n) is 10.7. The number of nitrogens with zero attached hydrogens (tertiary/aromatic N) is 1. The summed E-state index contributed by atoms with van der Waals surface area (Å²) in [5.41, 5.74) is 1.33. The Morgan fingerprint density at radius 3 is 2.85 bits per heavy atom. The molecule has 0 amide bonds. The highest BCUT2D eigenvalue weighted by Gasteiger charge is 2.11. The number of ether oxygens (including phenoxy) is 1. The van der Waals surface area contributed by atoms with Crippen LogP contribution in [-0.2, 0) is 0 Å². The zero-order chi connectivity index (χ0) is 14.1. The Hall–Kier alpha value is -2.82. The van der Waals surface area contributed by atoms with Crippen LogP contribution in [0.15, 0.2) is 47.0 Å². The van der Waals surface area contributed by atoms with Gasteiger partial charge < -0.3 is 14.3 Å². The van der Waals surface area contributed by atoms with Crippen LogP contribution in [0.4, 0.5) is 0 Å². The van der Waals surface area contributed by atoms with Crippen molar-refractivity contribution in [3.05, 3.63) is 48.2 Å². The molecular weight excluding hydrogens is 258 g/mol. The lowest BCUT2D eigenvalue weighted by molar-refractivity contribution is 0.0697. The van der Waals surface area contributed by atoms with Crippen molar-refractivity contribution >= 4 is 16.9 Å². The average Bonchev–Trinajstić information content (AvgIpc) is 2.90. The topological polar surface area (TPSA) is 72.6 Å². The summed E-state index contributed by atoms with van der Waals surface area (Å²) in [6, 6.07) is 10.2. The van der Waals surface area contributed by atoms with E-state index < -0.39 is 5.97 Å². The van der Waals surface area contributed by atoms with Gasteiger partial charge in [-0.25, -0.2) is 4.79 Å². The predicted octanol–water partition coefficient (Wildman–Crippen LogP) is 3.20. The van der Waals surface area contributed by atoms with Gasteiger partial charge in [0.25, 0.3) is 0 Å². The lowest BCUT2D eigenvalue weighted by Crippen LogP contribution is -1.96. The number of fused-ring (bicyclic) bond motifs is 1. The first-order valence-corrected chi connectivity index (χ1v) is 5.94. The zero-order valence-corrected chi connectivity index (χ0v) is 10.7. The molecule has 0 bridgehead atoms. The molecule has 1 aromatic carbocycles. The smallest absolute Gasteiger partial charge is 0.335 e. The average molecular weight is 269 g/mol. The van der Waals surface area contributed by atoms with Crippen molar-refractivity contribution in [2.45, 2.75) is 0 Å². The molecule has 0 atom stereocenters. The van der Waals surface area contributed by atoms with Gasteiger partial charge in [0, 0.05) is 17.6 Å². The summed E-state index contributed by atoms with van der Waals surface area (Å²) in [5, 5.41) is 9.90. The third-order valence-electron chi connectivity index (χ3n) is 2.99. The fourth-order valence-corrected chi connectivity index (χ4v) is 1.96. The van der Waals surface area contributed by atoms with Crippen LogP contribution in [0.1, 0.15) is 10.4 Å². The van der Waals surface area contributed by atoms with Crippen LogP contribution >= 0.6 is 0 Å². The molecule has 2 heterocycles. The van der Waals surface area contributed by atoms with E-state index in [4.69, 9.17) is 14.3 Å². The summed E-state index contributed by atoms with van der Waals surface area (Å²) >= 11 is 0. The summed E-state index contributed by atoms with van der Waals surface area (Å²) in [6.45, 7) is 0. The predicted molar refractivity (Wildman–Crippen MR) is 73.0 cm³/mol. The van der Waals surface area contributed by atoms with Gasteiger partial charge in [-0.1, -0.05) is 0 Å². The molecule has 0 aliphatic heterocycles. The highest BCUT2D eigenvalue weighted by molar-refractivity contribution is 5.89. The molecule has 5 nitrogen and oxygen atoms in total. The molecule has 100 valence electrons. The molecule has 0 saturated carbocycles. The van der Waals surface area contributed by atoms with Crippen molar-refractivity contribution in [2.24, 2.45) is 0 Å². The van der Waals surface area contributed by atoms with Gasteiger partial charge in [-0.05, 0) is 30.3 Å². The largest absolute Gasteiger partial charge is 0.497 e. The number of methoxy groups -OCH3 is 1. The van der Waals surface area contributed by atoms with E-state index in [9.17, 15) is 4.79 Å². The second-order valence-electron chi connectivity index (χ2n) is 4.25. The molecule has 0 radical (unpaired) electrons. The fraction of sp³-hybridized carbons (Fsp3) is 0.0667. The molecular formula is C15H11NO4. The lowest BCUT2D eigenvalue weighted by atomic mass is 10.2. The Morgan fingerprint density at radius 1 is 1.25 bits per heavy atom. The van der Waals surface area contributed by atoms with E-state index in [0.29, 0.717) is 22.8 Å². The Balaban J connectivity index is 2.10. The maximum Gasteiger partial charge on any atom is 0.335 e. The first-order chi connectivity index (χ1) is 9.67. The van der Waals surface area contributed by atoms with E-state index in [1.807, 2.05) is 18.2 Å². The van der Waals surface area contributed by atoms with Gasteiger partial charge in [0.15, 0.2) is 5.76 Å². The van der Waals surface area contributed by atoms with Crippen LogP contribution in [0, 0.1) is 0 Å². The van der Waals surface area contributed by atoms with E-state index in [-0.39, 0.29) is 5.56 Å². The number of hydrogen-bond donors (Lipinski definition) is 1. The Bertz CT molecular complexity index is 791. The highest BCUT2D eigenvalue weighted by Crippen LogP contribution is 2.29. The Labute approximate surface area is 114 Å². The summed E-state index contributed by atoms with van der Waals surface area (Å²) in [4.78, 5) is 15.1. The van der Waals surface area contributed by atoms with Gasteiger partial charge in [-0.2, -0.15) is 0 Å². The van der Waals surface area contributed by atoms with Crippen LogP contribution in [0.3, 0.4) is 0 Å². The second-order valence-corrected chi connectivity index (χ2v) is 4.25. The van der Waals surface area contributed by atoms with Crippen molar-refractivity contribution in [2.75, 3.05) is 7.11 Å². The van der Waals surface area contributed by atoms with Crippen LogP contribution in [-0.4, -0.2) is 23.2 Å². The van der Waals surface area contributed by atoms with E-state index >= 15 is 0 Å². The van der Waals surface area contributed by atoms with E-state index in [1.165, 1.54) is 18.3 Å². The van der Waals surface area contributed by atoms with Gasteiger partial charge in [-0.15, -0.1) is 0 Å². The number of carboxylic acid groups (broad SMARTS) is 1. The van der Waals surface area contributed by atoms with Crippen molar-refractivity contribution < 1.29 is 19.1 Å². The minimum atomic E-state index is -0.994. The molecule has 0 saturated heterocycles. The molecule has 0 aliphatic rings. The normalized spacial score (nSPS) is 10.7. The maximum atomic E-state index is 11.0. The Kier molecular flexibility index (Phi) is 2.87. The summed E-state index contributed by atoms with van der Waals surface area (Å²) < 4.78 is 10.8. The number of carboxylic acids is 1. The second kappa shape index (κ2) is 4.70. The highest BCUT2D eigenvalue weighted by atomic mass is 16.5. The van der Waals surface area contributed by atoms with Crippen LogP contribution < -0.4 is 4.74 Å². The molecule has 5 heteroatoms. The van der Waals surface area contributed by atoms with Crippen molar-refractivity contribution in [3.8, 4) is 17.2 Å². The summed E-state index contributed by atoms with van der Waals surface area (Å²) in [5.74, 6) is 0.230. The van der Waals surface area contributed by atoms with Crippen LogP contribution in [0.2, 0.25) is 0 Å². The number of rotatable bonds is 3. The monoisotopic (exact) mass is 269 g/mol. The van der Waals surface area contributed by atoms with Crippen molar-refractivity contribution in [3.63, 3.8) is 0 Å². The molecule has 0 aliphatic carbocycles. The number of carbonyl (C=O) groups is 1.